The van der Waals surface area contributed by atoms with E-state index in [4.69, 9.17) is 0 Å². The largest absolute Gasteiger partial charge is 0.364 e. The third-order valence-electron chi connectivity index (χ3n) is 3.68. The SMILES string of the molecule is CCCCCNC(=O)c1ccc(NCc2ccccc2C)nn1. The van der Waals surface area contributed by atoms with E-state index in [1.54, 1.807) is 12.1 Å². The molecule has 5 nitrogen and oxygen atoms in total. The summed E-state index contributed by atoms with van der Waals surface area (Å²) in [7, 11) is 0. The van der Waals surface area contributed by atoms with Gasteiger partial charge < -0.3 is 10.6 Å². The zero-order valence-corrected chi connectivity index (χ0v) is 13.8. The summed E-state index contributed by atoms with van der Waals surface area (Å²) in [5.41, 5.74) is 2.80. The van der Waals surface area contributed by atoms with Gasteiger partial charge in [0.15, 0.2) is 5.69 Å². The van der Waals surface area contributed by atoms with E-state index < -0.39 is 0 Å². The lowest BCUT2D eigenvalue weighted by Gasteiger charge is -2.08. The van der Waals surface area contributed by atoms with Crippen LogP contribution in [0.15, 0.2) is 36.4 Å². The third kappa shape index (κ3) is 5.36. The first-order valence-electron chi connectivity index (χ1n) is 8.11. The van der Waals surface area contributed by atoms with Gasteiger partial charge in [0, 0.05) is 13.1 Å². The smallest absolute Gasteiger partial charge is 0.271 e. The van der Waals surface area contributed by atoms with Gasteiger partial charge in [0.2, 0.25) is 0 Å². The Morgan fingerprint density at radius 3 is 2.61 bits per heavy atom. The molecule has 0 fully saturated rings. The molecule has 23 heavy (non-hydrogen) atoms. The molecule has 2 N–H and O–H groups in total. The van der Waals surface area contributed by atoms with Crippen molar-refractivity contribution in [1.29, 1.82) is 0 Å². The van der Waals surface area contributed by atoms with Crippen molar-refractivity contribution in [2.24, 2.45) is 0 Å². The van der Waals surface area contributed by atoms with Crippen LogP contribution in [-0.2, 0) is 6.54 Å². The molecular weight excluding hydrogens is 288 g/mol. The predicted octanol–water partition coefficient (Wildman–Crippen LogP) is 3.32. The van der Waals surface area contributed by atoms with Crippen LogP contribution in [0.5, 0.6) is 0 Å². The van der Waals surface area contributed by atoms with Crippen LogP contribution in [0.3, 0.4) is 0 Å². The summed E-state index contributed by atoms with van der Waals surface area (Å²) in [4.78, 5) is 11.9. The first-order chi connectivity index (χ1) is 11.2. The standard InChI is InChI=1S/C18H24N4O/c1-3-4-7-12-19-18(23)16-10-11-17(22-21-16)20-13-15-9-6-5-8-14(15)2/h5-6,8-11H,3-4,7,12-13H2,1-2H3,(H,19,23)(H,20,22). The van der Waals surface area contributed by atoms with E-state index in [1.165, 1.54) is 11.1 Å². The zero-order valence-electron chi connectivity index (χ0n) is 13.8. The second-order valence-corrected chi connectivity index (χ2v) is 5.55. The molecule has 5 heteroatoms. The van der Waals surface area contributed by atoms with Crippen LogP contribution < -0.4 is 10.6 Å². The van der Waals surface area contributed by atoms with Gasteiger partial charge in [-0.1, -0.05) is 44.0 Å². The molecule has 0 unspecified atom stereocenters. The molecule has 122 valence electrons. The highest BCUT2D eigenvalue weighted by Gasteiger charge is 2.07. The number of aryl methyl sites for hydroxylation is 1. The highest BCUT2D eigenvalue weighted by atomic mass is 16.1. The molecule has 0 saturated heterocycles. The second-order valence-electron chi connectivity index (χ2n) is 5.55. The highest BCUT2D eigenvalue weighted by Crippen LogP contribution is 2.10. The van der Waals surface area contributed by atoms with Gasteiger partial charge in [0.25, 0.3) is 5.91 Å². The Morgan fingerprint density at radius 1 is 1.09 bits per heavy atom. The Morgan fingerprint density at radius 2 is 1.91 bits per heavy atom. The number of anilines is 1. The van der Waals surface area contributed by atoms with Gasteiger partial charge in [0.1, 0.15) is 5.82 Å². The summed E-state index contributed by atoms with van der Waals surface area (Å²) in [5, 5.41) is 14.1. The molecule has 1 aromatic carbocycles. The Balaban J connectivity index is 1.84. The van der Waals surface area contributed by atoms with E-state index in [0.29, 0.717) is 24.6 Å². The maximum atomic E-state index is 11.9. The molecule has 1 amide bonds. The number of nitrogens with zero attached hydrogens (tertiary/aromatic N) is 2. The molecule has 2 aromatic rings. The fraction of sp³-hybridized carbons (Fsp3) is 0.389. The second kappa shape index (κ2) is 8.88. The van der Waals surface area contributed by atoms with Gasteiger partial charge in [-0.15, -0.1) is 10.2 Å². The molecule has 1 heterocycles. The van der Waals surface area contributed by atoms with Crippen LogP contribution in [0, 0.1) is 6.92 Å². The highest BCUT2D eigenvalue weighted by molar-refractivity contribution is 5.92. The first-order valence-corrected chi connectivity index (χ1v) is 8.11. The number of carbonyl (C=O) groups excluding carboxylic acids is 1. The minimum absolute atomic E-state index is 0.168. The average molecular weight is 312 g/mol. The van der Waals surface area contributed by atoms with Crippen molar-refractivity contribution in [2.75, 3.05) is 11.9 Å². The molecule has 0 radical (unpaired) electrons. The van der Waals surface area contributed by atoms with Crippen molar-refractivity contribution < 1.29 is 4.79 Å². The molecule has 0 spiro atoms. The molecule has 0 saturated carbocycles. The molecule has 2 rings (SSSR count). The Hall–Kier alpha value is -2.43. The minimum Gasteiger partial charge on any atom is -0.364 e. The quantitative estimate of drug-likeness (QED) is 0.734. The van der Waals surface area contributed by atoms with Gasteiger partial charge in [-0.3, -0.25) is 4.79 Å². The maximum absolute atomic E-state index is 11.9. The summed E-state index contributed by atoms with van der Waals surface area (Å²) in [6, 6.07) is 11.7. The average Bonchev–Trinajstić information content (AvgIpc) is 2.58. The molecule has 0 aliphatic heterocycles. The van der Waals surface area contributed by atoms with E-state index in [1.807, 2.05) is 12.1 Å². The summed E-state index contributed by atoms with van der Waals surface area (Å²) < 4.78 is 0. The van der Waals surface area contributed by atoms with Crippen molar-refractivity contribution in [2.45, 2.75) is 39.7 Å². The van der Waals surface area contributed by atoms with E-state index in [-0.39, 0.29) is 5.91 Å². The number of rotatable bonds is 8. The maximum Gasteiger partial charge on any atom is 0.271 e. The van der Waals surface area contributed by atoms with Gasteiger partial charge >= 0.3 is 0 Å². The van der Waals surface area contributed by atoms with E-state index in [9.17, 15) is 4.79 Å². The fourth-order valence-electron chi connectivity index (χ4n) is 2.21. The van der Waals surface area contributed by atoms with Crippen LogP contribution in [0.1, 0.15) is 47.8 Å². The lowest BCUT2D eigenvalue weighted by Crippen LogP contribution is -2.25. The Labute approximate surface area is 137 Å². The zero-order chi connectivity index (χ0) is 16.5. The van der Waals surface area contributed by atoms with Gasteiger partial charge in [-0.25, -0.2) is 0 Å². The summed E-state index contributed by atoms with van der Waals surface area (Å²) in [6.45, 7) is 5.58. The number of unbranched alkanes of at least 4 members (excludes halogenated alkanes) is 2. The number of carbonyl (C=O) groups is 1. The summed E-state index contributed by atoms with van der Waals surface area (Å²) >= 11 is 0. The molecule has 0 atom stereocenters. The molecule has 1 aromatic heterocycles. The van der Waals surface area contributed by atoms with Gasteiger partial charge in [-0.05, 0) is 36.6 Å². The normalized spacial score (nSPS) is 10.3. The van der Waals surface area contributed by atoms with Crippen molar-refractivity contribution in [3.8, 4) is 0 Å². The number of hydrogen-bond acceptors (Lipinski definition) is 4. The number of hydrogen-bond donors (Lipinski definition) is 2. The van der Waals surface area contributed by atoms with E-state index in [0.717, 1.165) is 19.3 Å². The van der Waals surface area contributed by atoms with Crippen molar-refractivity contribution >= 4 is 11.7 Å². The predicted molar refractivity (Wildman–Crippen MR) is 92.4 cm³/mol. The Bertz CT molecular complexity index is 625. The van der Waals surface area contributed by atoms with Gasteiger partial charge in [0.05, 0.1) is 0 Å². The van der Waals surface area contributed by atoms with E-state index in [2.05, 4.69) is 46.8 Å². The summed E-state index contributed by atoms with van der Waals surface area (Å²) in [5.74, 6) is 0.495. The molecular formula is C18H24N4O. The lowest BCUT2D eigenvalue weighted by atomic mass is 10.1. The van der Waals surface area contributed by atoms with Gasteiger partial charge in [-0.2, -0.15) is 0 Å². The summed E-state index contributed by atoms with van der Waals surface area (Å²) in [6.07, 6.45) is 3.25. The van der Waals surface area contributed by atoms with Crippen LogP contribution in [0.4, 0.5) is 5.82 Å². The monoisotopic (exact) mass is 312 g/mol. The number of benzene rings is 1. The van der Waals surface area contributed by atoms with Crippen molar-refractivity contribution in [3.63, 3.8) is 0 Å². The molecule has 0 bridgehead atoms. The first kappa shape index (κ1) is 16.9. The third-order valence-corrected chi connectivity index (χ3v) is 3.68. The number of aromatic nitrogens is 2. The molecule has 0 aliphatic rings. The van der Waals surface area contributed by atoms with Crippen LogP contribution in [0.2, 0.25) is 0 Å². The van der Waals surface area contributed by atoms with Crippen molar-refractivity contribution in [3.05, 3.63) is 53.2 Å². The van der Waals surface area contributed by atoms with Crippen LogP contribution in [0.25, 0.3) is 0 Å². The minimum atomic E-state index is -0.168. The molecule has 0 aliphatic carbocycles. The van der Waals surface area contributed by atoms with E-state index >= 15 is 0 Å². The number of amides is 1. The van der Waals surface area contributed by atoms with Crippen LogP contribution >= 0.6 is 0 Å². The fourth-order valence-corrected chi connectivity index (χ4v) is 2.21. The Kier molecular flexibility index (Phi) is 6.54. The number of nitrogens with one attached hydrogen (secondary N) is 2. The van der Waals surface area contributed by atoms with Crippen molar-refractivity contribution in [1.82, 2.24) is 15.5 Å². The van der Waals surface area contributed by atoms with Crippen LogP contribution in [-0.4, -0.2) is 22.6 Å². The topological polar surface area (TPSA) is 66.9 Å². The lowest BCUT2D eigenvalue weighted by molar-refractivity contribution is 0.0947.